The van der Waals surface area contributed by atoms with Crippen molar-refractivity contribution in [3.63, 3.8) is 0 Å². The van der Waals surface area contributed by atoms with Crippen LogP contribution in [-0.4, -0.2) is 4.98 Å². The molecule has 0 bridgehead atoms. The zero-order chi connectivity index (χ0) is 7.84. The fourth-order valence-corrected chi connectivity index (χ4v) is 1.35. The van der Waals surface area contributed by atoms with Gasteiger partial charge in [-0.3, -0.25) is 0 Å². The molecule has 1 aromatic heterocycles. The molecule has 0 aliphatic carbocycles. The van der Waals surface area contributed by atoms with E-state index in [1.54, 1.807) is 0 Å². The number of para-hydroxylation sites is 1. The number of aromatic amines is 1. The predicted molar refractivity (Wildman–Crippen MR) is 47.2 cm³/mol. The molecule has 0 aliphatic rings. The van der Waals surface area contributed by atoms with Crippen LogP contribution in [0.3, 0.4) is 0 Å². The van der Waals surface area contributed by atoms with Gasteiger partial charge < -0.3 is 9.97 Å². The topological polar surface area (TPSA) is 29.9 Å². The van der Waals surface area contributed by atoms with Crippen LogP contribution in [0.4, 0.5) is 0 Å². The van der Waals surface area contributed by atoms with Gasteiger partial charge in [0.15, 0.2) is 0 Å². The molecule has 0 saturated carbocycles. The summed E-state index contributed by atoms with van der Waals surface area (Å²) >= 11 is 4.91. The van der Waals surface area contributed by atoms with Crippen LogP contribution in [0.5, 0.6) is 0 Å². The Morgan fingerprint density at radius 2 is 2.17 bits per heavy atom. The van der Waals surface area contributed by atoms with Crippen molar-refractivity contribution in [1.29, 1.82) is 0 Å². The van der Waals surface area contributed by atoms with Crippen molar-refractivity contribution in [2.75, 3.05) is 0 Å². The molecule has 0 amide bonds. The van der Waals surface area contributed by atoms with Gasteiger partial charge >= 0.3 is 0 Å². The van der Waals surface area contributed by atoms with Gasteiger partial charge in [0.25, 0.3) is 0 Å². The largest absolute Gasteiger partial charge is 0.448 e. The van der Waals surface area contributed by atoms with Crippen molar-refractivity contribution < 1.29 is 19.5 Å². The summed E-state index contributed by atoms with van der Waals surface area (Å²) in [5.41, 5.74) is 3.19. The number of rotatable bonds is 0. The second-order valence-corrected chi connectivity index (χ2v) is 2.90. The van der Waals surface area contributed by atoms with Crippen molar-refractivity contribution >= 4 is 23.3 Å². The van der Waals surface area contributed by atoms with Crippen LogP contribution in [0.2, 0.25) is 0 Å². The first-order valence-electron chi connectivity index (χ1n) is 3.40. The molecule has 0 unspecified atom stereocenters. The Hall–Kier alpha value is -0.467. The van der Waals surface area contributed by atoms with Gasteiger partial charge in [-0.15, -0.1) is 0 Å². The average molecular weight is 229 g/mol. The van der Waals surface area contributed by atoms with Crippen LogP contribution in [0.15, 0.2) is 18.2 Å². The smallest absolute Gasteiger partial charge is 0.00723 e. The summed E-state index contributed by atoms with van der Waals surface area (Å²) in [6.07, 6.45) is 0. The van der Waals surface area contributed by atoms with E-state index >= 15 is 0 Å². The molecule has 0 aliphatic heterocycles. The molecule has 0 spiro atoms. The number of H-pyrrole nitrogens is 1. The van der Waals surface area contributed by atoms with Crippen molar-refractivity contribution in [2.45, 2.75) is 6.92 Å². The number of nitrogens with zero attached hydrogens (tertiary/aromatic N) is 1. The van der Waals surface area contributed by atoms with E-state index in [9.17, 15) is 0 Å². The van der Waals surface area contributed by atoms with Crippen LogP contribution in [-0.2, 0) is 19.5 Å². The molecule has 58 valence electrons. The Balaban J connectivity index is 0.000000720. The summed E-state index contributed by atoms with van der Waals surface area (Å²) < 4.78 is 0.564. The number of hydrogen-bond donors (Lipinski definition) is 1. The van der Waals surface area contributed by atoms with Crippen molar-refractivity contribution in [2.24, 2.45) is 0 Å². The first-order valence-corrected chi connectivity index (χ1v) is 3.80. The quantitative estimate of drug-likeness (QED) is 0.553. The number of aryl methyl sites for hydroxylation is 1. The standard InChI is InChI=1S/C8H8N2S.Zn/c1-5-3-2-4-6-7(5)10-8(11)9-6;/h2-4H,1H3,(H2,9,10,11);/p-1. The molecular weight excluding hydrogens is 222 g/mol. The molecule has 1 N–H and O–H groups in total. The first-order chi connectivity index (χ1) is 5.27. The maximum Gasteiger partial charge on any atom is 0.00723 e. The number of nitrogens with one attached hydrogen (secondary N) is 1. The second-order valence-electron chi connectivity index (χ2n) is 2.51. The summed E-state index contributed by atoms with van der Waals surface area (Å²) in [5, 5.41) is 0. The Bertz CT molecular complexity index is 443. The second kappa shape index (κ2) is 3.50. The SMILES string of the molecule is Cc1cccc2[n-]c(=S)[nH]c12.[Zn]. The van der Waals surface area contributed by atoms with Gasteiger partial charge in [-0.1, -0.05) is 30.4 Å². The first kappa shape index (κ1) is 9.62. The molecule has 12 heavy (non-hydrogen) atoms. The van der Waals surface area contributed by atoms with Crippen molar-refractivity contribution in [3.05, 3.63) is 28.5 Å². The molecular formula is C8H7N2SZn-. The van der Waals surface area contributed by atoms with Gasteiger partial charge in [0.05, 0.1) is 0 Å². The minimum atomic E-state index is 0. The van der Waals surface area contributed by atoms with E-state index in [1.807, 2.05) is 25.1 Å². The fraction of sp³-hybridized carbons (Fsp3) is 0.125. The van der Waals surface area contributed by atoms with Crippen LogP contribution in [0, 0.1) is 11.7 Å². The number of benzene rings is 1. The van der Waals surface area contributed by atoms with E-state index in [0.29, 0.717) is 4.77 Å². The molecule has 1 heterocycles. The van der Waals surface area contributed by atoms with Crippen molar-refractivity contribution in [3.8, 4) is 0 Å². The summed E-state index contributed by atoms with van der Waals surface area (Å²) in [5.74, 6) is 0. The molecule has 1 aromatic carbocycles. The molecule has 0 atom stereocenters. The number of hydrogen-bond acceptors (Lipinski definition) is 1. The van der Waals surface area contributed by atoms with E-state index in [-0.39, 0.29) is 19.5 Å². The van der Waals surface area contributed by atoms with Gasteiger partial charge in [0, 0.05) is 24.2 Å². The number of imidazole rings is 1. The maximum absolute atomic E-state index is 4.91. The minimum Gasteiger partial charge on any atom is -0.448 e. The fourth-order valence-electron chi connectivity index (χ4n) is 1.15. The van der Waals surface area contributed by atoms with E-state index in [2.05, 4.69) is 9.97 Å². The van der Waals surface area contributed by atoms with Crippen LogP contribution in [0.25, 0.3) is 11.0 Å². The van der Waals surface area contributed by atoms with E-state index in [1.165, 1.54) is 5.56 Å². The number of fused-ring (bicyclic) bond motifs is 1. The zero-order valence-electron chi connectivity index (χ0n) is 6.79. The van der Waals surface area contributed by atoms with Gasteiger partial charge in [-0.05, 0) is 23.5 Å². The summed E-state index contributed by atoms with van der Waals surface area (Å²) in [7, 11) is 0. The summed E-state index contributed by atoms with van der Waals surface area (Å²) in [4.78, 5) is 7.16. The van der Waals surface area contributed by atoms with Gasteiger partial charge in [0.1, 0.15) is 0 Å². The summed E-state index contributed by atoms with van der Waals surface area (Å²) in [6, 6.07) is 5.97. The van der Waals surface area contributed by atoms with Crippen LogP contribution in [0.1, 0.15) is 5.56 Å². The Labute approximate surface area is 88.1 Å². The van der Waals surface area contributed by atoms with E-state index in [0.717, 1.165) is 11.0 Å². The third-order valence-electron chi connectivity index (χ3n) is 1.70. The summed E-state index contributed by atoms with van der Waals surface area (Å²) in [6.45, 7) is 2.04. The predicted octanol–water partition coefficient (Wildman–Crippen LogP) is 2.16. The average Bonchev–Trinajstić information content (AvgIpc) is 2.31. The maximum atomic E-state index is 4.91. The van der Waals surface area contributed by atoms with E-state index < -0.39 is 0 Å². The zero-order valence-corrected chi connectivity index (χ0v) is 10.6. The molecule has 2 aromatic rings. The van der Waals surface area contributed by atoms with E-state index in [4.69, 9.17) is 12.2 Å². The molecule has 0 radical (unpaired) electrons. The molecule has 0 fully saturated rings. The molecule has 2 nitrogen and oxygen atoms in total. The molecule has 2 rings (SSSR count). The third-order valence-corrected chi connectivity index (χ3v) is 1.90. The molecule has 0 saturated heterocycles. The Kier molecular flexibility index (Phi) is 2.81. The van der Waals surface area contributed by atoms with Crippen molar-refractivity contribution in [1.82, 2.24) is 9.97 Å². The van der Waals surface area contributed by atoms with Crippen LogP contribution >= 0.6 is 12.2 Å². The Morgan fingerprint density at radius 1 is 1.42 bits per heavy atom. The van der Waals surface area contributed by atoms with Gasteiger partial charge in [-0.2, -0.15) is 0 Å². The Morgan fingerprint density at radius 3 is 2.83 bits per heavy atom. The third kappa shape index (κ3) is 1.50. The normalized spacial score (nSPS) is 9.75. The van der Waals surface area contributed by atoms with Gasteiger partial charge in [-0.25, -0.2) is 0 Å². The van der Waals surface area contributed by atoms with Gasteiger partial charge in [0.2, 0.25) is 0 Å². The monoisotopic (exact) mass is 227 g/mol. The van der Waals surface area contributed by atoms with Crippen LogP contribution < -0.4 is 4.98 Å². The number of aromatic nitrogens is 2. The molecule has 4 heteroatoms. The minimum absolute atomic E-state index is 0.